The molecule has 0 aromatic carbocycles. The van der Waals surface area contributed by atoms with Gasteiger partial charge in [-0.3, -0.25) is 9.59 Å². The van der Waals surface area contributed by atoms with Gasteiger partial charge in [0.05, 0.1) is 12.6 Å². The Morgan fingerprint density at radius 2 is 2.06 bits per heavy atom. The molecule has 0 spiro atoms. The first-order chi connectivity index (χ1) is 7.66. The molecule has 0 radical (unpaired) electrons. The number of carbonyl (C=O) groups excluding carboxylic acids is 2. The molecule has 0 aromatic heterocycles. The number of hydrogen-bond donors (Lipinski definition) is 2. The van der Waals surface area contributed by atoms with Crippen molar-refractivity contribution in [3.63, 3.8) is 0 Å². The van der Waals surface area contributed by atoms with Crippen molar-refractivity contribution in [1.29, 1.82) is 0 Å². The Balaban J connectivity index is 0.00000144. The zero-order chi connectivity index (χ0) is 11.5. The molecule has 1 aliphatic heterocycles. The van der Waals surface area contributed by atoms with Crippen molar-refractivity contribution in [1.82, 2.24) is 15.5 Å². The second-order valence-corrected chi connectivity index (χ2v) is 4.69. The van der Waals surface area contributed by atoms with E-state index in [0.717, 1.165) is 32.2 Å². The average Bonchev–Trinajstić information content (AvgIpc) is 2.89. The summed E-state index contributed by atoms with van der Waals surface area (Å²) >= 11 is 0. The van der Waals surface area contributed by atoms with Gasteiger partial charge in [-0.1, -0.05) is 0 Å². The molecule has 1 unspecified atom stereocenters. The van der Waals surface area contributed by atoms with Crippen LogP contribution in [0.1, 0.15) is 25.7 Å². The lowest BCUT2D eigenvalue weighted by Crippen LogP contribution is -2.46. The Hall–Kier alpha value is -0.810. The summed E-state index contributed by atoms with van der Waals surface area (Å²) in [6, 6.07) is 0.277. The minimum absolute atomic E-state index is 0. The Morgan fingerprint density at radius 1 is 1.35 bits per heavy atom. The molecule has 17 heavy (non-hydrogen) atoms. The zero-order valence-corrected chi connectivity index (χ0v) is 10.9. The van der Waals surface area contributed by atoms with E-state index in [1.807, 2.05) is 0 Å². The molecule has 98 valence electrons. The van der Waals surface area contributed by atoms with E-state index in [-0.39, 0.29) is 36.8 Å². The van der Waals surface area contributed by atoms with E-state index in [4.69, 9.17) is 0 Å². The molecule has 1 aliphatic carbocycles. The fourth-order valence-electron chi connectivity index (χ4n) is 1.96. The maximum absolute atomic E-state index is 11.9. The van der Waals surface area contributed by atoms with Crippen molar-refractivity contribution in [3.05, 3.63) is 0 Å². The van der Waals surface area contributed by atoms with E-state index in [2.05, 4.69) is 10.6 Å². The maximum Gasteiger partial charge on any atom is 0.239 e. The largest absolute Gasteiger partial charge is 0.352 e. The summed E-state index contributed by atoms with van der Waals surface area (Å²) in [5.41, 5.74) is 0. The van der Waals surface area contributed by atoms with Gasteiger partial charge in [0.1, 0.15) is 0 Å². The average molecular weight is 262 g/mol. The molecular weight excluding hydrogens is 242 g/mol. The lowest BCUT2D eigenvalue weighted by atomic mass is 10.2. The number of halogens is 1. The predicted molar refractivity (Wildman–Crippen MR) is 67.1 cm³/mol. The molecule has 5 nitrogen and oxygen atoms in total. The molecule has 2 rings (SSSR count). The van der Waals surface area contributed by atoms with Crippen LogP contribution in [0, 0.1) is 0 Å². The minimum Gasteiger partial charge on any atom is -0.352 e. The SMILES string of the molecule is CN(CC(=O)NC1CC1)C(=O)C1CCCN1.Cl. The molecule has 6 heteroatoms. The van der Waals surface area contributed by atoms with Crippen molar-refractivity contribution in [2.24, 2.45) is 0 Å². The molecule has 2 amide bonds. The van der Waals surface area contributed by atoms with E-state index in [1.54, 1.807) is 7.05 Å². The highest BCUT2D eigenvalue weighted by molar-refractivity contribution is 5.87. The topological polar surface area (TPSA) is 61.4 Å². The Kier molecular flexibility index (Phi) is 5.21. The number of nitrogens with one attached hydrogen (secondary N) is 2. The predicted octanol–water partition coefficient (Wildman–Crippen LogP) is -0.103. The first kappa shape index (κ1) is 14.3. The molecule has 1 saturated heterocycles. The third-order valence-corrected chi connectivity index (χ3v) is 3.06. The summed E-state index contributed by atoms with van der Waals surface area (Å²) in [5, 5.41) is 6.02. The summed E-state index contributed by atoms with van der Waals surface area (Å²) in [5.74, 6) is -0.0141. The lowest BCUT2D eigenvalue weighted by molar-refractivity contribution is -0.136. The third kappa shape index (κ3) is 4.16. The summed E-state index contributed by atoms with van der Waals surface area (Å²) in [4.78, 5) is 24.9. The van der Waals surface area contributed by atoms with Gasteiger partial charge in [-0.25, -0.2) is 0 Å². The van der Waals surface area contributed by atoms with E-state index < -0.39 is 0 Å². The molecule has 1 saturated carbocycles. The molecular formula is C11H20ClN3O2. The number of nitrogens with zero attached hydrogens (tertiary/aromatic N) is 1. The van der Waals surface area contributed by atoms with Gasteiger partial charge in [-0.2, -0.15) is 0 Å². The van der Waals surface area contributed by atoms with Gasteiger partial charge < -0.3 is 15.5 Å². The fourth-order valence-corrected chi connectivity index (χ4v) is 1.96. The monoisotopic (exact) mass is 261 g/mol. The summed E-state index contributed by atoms with van der Waals surface area (Å²) < 4.78 is 0. The zero-order valence-electron chi connectivity index (χ0n) is 10.1. The first-order valence-electron chi connectivity index (χ1n) is 5.94. The quantitative estimate of drug-likeness (QED) is 0.743. The maximum atomic E-state index is 11.9. The van der Waals surface area contributed by atoms with Crippen LogP contribution in [0.4, 0.5) is 0 Å². The Labute approximate surface area is 108 Å². The molecule has 1 atom stereocenters. The molecule has 0 bridgehead atoms. The van der Waals surface area contributed by atoms with Crippen molar-refractivity contribution in [2.45, 2.75) is 37.8 Å². The smallest absolute Gasteiger partial charge is 0.239 e. The van der Waals surface area contributed by atoms with Crippen molar-refractivity contribution in [3.8, 4) is 0 Å². The molecule has 2 fully saturated rings. The number of rotatable bonds is 4. The van der Waals surface area contributed by atoms with Crippen LogP contribution in [-0.2, 0) is 9.59 Å². The number of amides is 2. The molecule has 0 aromatic rings. The Bertz CT molecular complexity index is 288. The van der Waals surface area contributed by atoms with Crippen LogP contribution < -0.4 is 10.6 Å². The first-order valence-corrected chi connectivity index (χ1v) is 5.94. The van der Waals surface area contributed by atoms with Crippen molar-refractivity contribution < 1.29 is 9.59 Å². The highest BCUT2D eigenvalue weighted by Gasteiger charge is 2.27. The van der Waals surface area contributed by atoms with Gasteiger partial charge in [0.25, 0.3) is 0 Å². The van der Waals surface area contributed by atoms with Crippen LogP contribution >= 0.6 is 12.4 Å². The van der Waals surface area contributed by atoms with E-state index in [0.29, 0.717) is 6.04 Å². The Morgan fingerprint density at radius 3 is 2.59 bits per heavy atom. The molecule has 2 aliphatic rings. The van der Waals surface area contributed by atoms with E-state index in [1.165, 1.54) is 4.90 Å². The van der Waals surface area contributed by atoms with E-state index in [9.17, 15) is 9.59 Å². The van der Waals surface area contributed by atoms with Gasteiger partial charge in [-0.05, 0) is 32.2 Å². The van der Waals surface area contributed by atoms with Crippen LogP contribution in [0.3, 0.4) is 0 Å². The standard InChI is InChI=1S/C11H19N3O2.ClH/c1-14(7-10(15)13-8-4-5-8)11(16)9-3-2-6-12-9;/h8-9,12H,2-7H2,1H3,(H,13,15);1H. The van der Waals surface area contributed by atoms with Gasteiger partial charge in [0, 0.05) is 13.1 Å². The third-order valence-electron chi connectivity index (χ3n) is 3.06. The number of hydrogen-bond acceptors (Lipinski definition) is 3. The second kappa shape index (κ2) is 6.21. The van der Waals surface area contributed by atoms with E-state index >= 15 is 0 Å². The van der Waals surface area contributed by atoms with Crippen LogP contribution in [0.2, 0.25) is 0 Å². The summed E-state index contributed by atoms with van der Waals surface area (Å²) in [6.45, 7) is 1.08. The van der Waals surface area contributed by atoms with Crippen LogP contribution in [-0.4, -0.2) is 48.9 Å². The van der Waals surface area contributed by atoms with Crippen molar-refractivity contribution in [2.75, 3.05) is 20.1 Å². The minimum atomic E-state index is -0.0845. The lowest BCUT2D eigenvalue weighted by Gasteiger charge is -2.20. The highest BCUT2D eigenvalue weighted by Crippen LogP contribution is 2.18. The number of likely N-dealkylation sites (N-methyl/N-ethyl adjacent to an activating group) is 1. The highest BCUT2D eigenvalue weighted by atomic mass is 35.5. The van der Waals surface area contributed by atoms with Gasteiger partial charge >= 0.3 is 0 Å². The second-order valence-electron chi connectivity index (χ2n) is 4.69. The van der Waals surface area contributed by atoms with Crippen LogP contribution in [0.5, 0.6) is 0 Å². The molecule has 1 heterocycles. The molecule has 2 N–H and O–H groups in total. The summed E-state index contributed by atoms with van der Waals surface area (Å²) in [7, 11) is 1.69. The van der Waals surface area contributed by atoms with Crippen molar-refractivity contribution >= 4 is 24.2 Å². The number of carbonyl (C=O) groups is 2. The summed E-state index contributed by atoms with van der Waals surface area (Å²) in [6.07, 6.45) is 4.08. The van der Waals surface area contributed by atoms with Gasteiger partial charge in [0.15, 0.2) is 0 Å². The van der Waals surface area contributed by atoms with Gasteiger partial charge in [-0.15, -0.1) is 12.4 Å². The van der Waals surface area contributed by atoms with Gasteiger partial charge in [0.2, 0.25) is 11.8 Å². The fraction of sp³-hybridized carbons (Fsp3) is 0.818. The van der Waals surface area contributed by atoms with Crippen LogP contribution in [0.15, 0.2) is 0 Å². The normalized spacial score (nSPS) is 22.8. The van der Waals surface area contributed by atoms with Crippen LogP contribution in [0.25, 0.3) is 0 Å².